The number of rotatable bonds is 5. The van der Waals surface area contributed by atoms with Crippen LogP contribution in [0.3, 0.4) is 0 Å². The summed E-state index contributed by atoms with van der Waals surface area (Å²) >= 11 is 1.38. The van der Waals surface area contributed by atoms with Crippen LogP contribution in [0, 0.1) is 6.92 Å². The Bertz CT molecular complexity index is 1410. The van der Waals surface area contributed by atoms with E-state index in [9.17, 15) is 18.3 Å². The molecular weight excluding hydrogens is 418 g/mol. The highest BCUT2D eigenvalue weighted by Crippen LogP contribution is 2.41. The van der Waals surface area contributed by atoms with Gasteiger partial charge in [-0.15, -0.1) is 11.3 Å². The molecule has 7 heteroatoms. The Labute approximate surface area is 178 Å². The van der Waals surface area contributed by atoms with Crippen LogP contribution >= 0.6 is 11.3 Å². The van der Waals surface area contributed by atoms with E-state index in [0.717, 1.165) is 33.0 Å². The highest BCUT2D eigenvalue weighted by molar-refractivity contribution is 7.90. The second-order valence-corrected chi connectivity index (χ2v) is 11.1. The molecule has 2 heterocycles. The van der Waals surface area contributed by atoms with Gasteiger partial charge in [-0.05, 0) is 53.5 Å². The Balaban J connectivity index is 1.84. The van der Waals surface area contributed by atoms with E-state index in [-0.39, 0.29) is 23.0 Å². The number of hydrogen-bond donors (Lipinski definition) is 2. The van der Waals surface area contributed by atoms with Gasteiger partial charge < -0.3 is 10.1 Å². The Morgan fingerprint density at radius 3 is 2.53 bits per heavy atom. The predicted octanol–water partition coefficient (Wildman–Crippen LogP) is 4.96. The third kappa shape index (κ3) is 3.75. The number of phenols is 1. The van der Waals surface area contributed by atoms with Gasteiger partial charge >= 0.3 is 0 Å². The van der Waals surface area contributed by atoms with Gasteiger partial charge in [-0.2, -0.15) is 0 Å². The topological polar surface area (TPSA) is 87.2 Å². The number of sulfone groups is 1. The molecule has 0 radical (unpaired) electrons. The number of H-pyrrole nitrogens is 1. The maximum Gasteiger partial charge on any atom is 0.266 e. The monoisotopic (exact) mass is 441 g/mol. The van der Waals surface area contributed by atoms with Gasteiger partial charge in [0, 0.05) is 22.6 Å². The molecular formula is C23H23NO4S2. The standard InChI is InChI=1S/C23H23NO4S2/c1-13(9-11-30(3,27)28)15-4-6-16(7-5-15)19-18(25)12-14(2)21-20(19)17-8-10-29-22(17)23(26)24-21/h4-8,10,12-13,25H,9,11H2,1-3H3,(H,24,26)/t13-/m0/s1. The number of pyridine rings is 1. The average Bonchev–Trinajstić information content (AvgIpc) is 3.18. The van der Waals surface area contributed by atoms with E-state index in [0.29, 0.717) is 16.7 Å². The summed E-state index contributed by atoms with van der Waals surface area (Å²) in [6.45, 7) is 3.88. The lowest BCUT2D eigenvalue weighted by molar-refractivity contribution is 0.477. The molecule has 4 aromatic rings. The first-order valence-electron chi connectivity index (χ1n) is 9.69. The fourth-order valence-electron chi connectivity index (χ4n) is 3.91. The normalized spacial score (nSPS) is 13.2. The molecule has 2 aromatic carbocycles. The fourth-order valence-corrected chi connectivity index (χ4v) is 5.49. The minimum atomic E-state index is -2.99. The van der Waals surface area contributed by atoms with E-state index in [1.807, 2.05) is 49.6 Å². The summed E-state index contributed by atoms with van der Waals surface area (Å²) in [7, 11) is -2.99. The molecule has 4 rings (SSSR count). The number of phenolic OH excluding ortho intramolecular Hbond substituents is 1. The number of thiophene rings is 1. The smallest absolute Gasteiger partial charge is 0.266 e. The maximum absolute atomic E-state index is 12.4. The van der Waals surface area contributed by atoms with E-state index in [1.54, 1.807) is 6.07 Å². The minimum absolute atomic E-state index is 0.108. The molecule has 0 aliphatic carbocycles. The van der Waals surface area contributed by atoms with Crippen LogP contribution < -0.4 is 5.56 Å². The van der Waals surface area contributed by atoms with Crippen molar-refractivity contribution in [2.75, 3.05) is 12.0 Å². The second kappa shape index (κ2) is 7.56. The Morgan fingerprint density at radius 1 is 1.17 bits per heavy atom. The number of aromatic amines is 1. The van der Waals surface area contributed by atoms with E-state index < -0.39 is 9.84 Å². The average molecular weight is 442 g/mol. The Kier molecular flexibility index (Phi) is 5.20. The summed E-state index contributed by atoms with van der Waals surface area (Å²) in [5.74, 6) is 0.428. The Morgan fingerprint density at radius 2 is 1.87 bits per heavy atom. The number of benzene rings is 2. The van der Waals surface area contributed by atoms with Crippen LogP contribution in [-0.4, -0.2) is 30.5 Å². The maximum atomic E-state index is 12.4. The summed E-state index contributed by atoms with van der Waals surface area (Å²) < 4.78 is 23.5. The predicted molar refractivity (Wildman–Crippen MR) is 125 cm³/mol. The summed E-state index contributed by atoms with van der Waals surface area (Å²) in [6.07, 6.45) is 1.82. The number of aryl methyl sites for hydroxylation is 1. The quantitative estimate of drug-likeness (QED) is 0.458. The molecule has 0 saturated heterocycles. The molecule has 2 N–H and O–H groups in total. The number of hydrogen-bond acceptors (Lipinski definition) is 5. The van der Waals surface area contributed by atoms with Gasteiger partial charge in [-0.3, -0.25) is 4.79 Å². The van der Waals surface area contributed by atoms with Crippen molar-refractivity contribution in [1.29, 1.82) is 0 Å². The molecule has 0 saturated carbocycles. The summed E-state index contributed by atoms with van der Waals surface area (Å²) in [6, 6.07) is 11.4. The zero-order valence-corrected chi connectivity index (χ0v) is 18.7. The van der Waals surface area contributed by atoms with Crippen molar-refractivity contribution in [2.45, 2.75) is 26.2 Å². The van der Waals surface area contributed by atoms with Crippen molar-refractivity contribution in [3.63, 3.8) is 0 Å². The SMILES string of the molecule is Cc1cc(O)c(-c2ccc([C@@H](C)CCS(C)(=O)=O)cc2)c2c1[nH]c(=O)c1sccc12. The number of aromatic nitrogens is 1. The van der Waals surface area contributed by atoms with Crippen LogP contribution in [0.25, 0.3) is 32.1 Å². The van der Waals surface area contributed by atoms with Gasteiger partial charge in [-0.1, -0.05) is 31.2 Å². The lowest BCUT2D eigenvalue weighted by Crippen LogP contribution is -2.07. The van der Waals surface area contributed by atoms with Crippen molar-refractivity contribution in [3.8, 4) is 16.9 Å². The summed E-state index contributed by atoms with van der Waals surface area (Å²) in [5, 5.41) is 14.4. The van der Waals surface area contributed by atoms with Crippen molar-refractivity contribution >= 4 is 42.2 Å². The third-order valence-corrected chi connectivity index (χ3v) is 7.46. The fraction of sp³-hybridized carbons (Fsp3) is 0.261. The van der Waals surface area contributed by atoms with Crippen LogP contribution in [0.5, 0.6) is 5.75 Å². The largest absolute Gasteiger partial charge is 0.507 e. The van der Waals surface area contributed by atoms with Gasteiger partial charge in [0.05, 0.1) is 11.3 Å². The van der Waals surface area contributed by atoms with Crippen LogP contribution in [0.15, 0.2) is 46.6 Å². The van der Waals surface area contributed by atoms with Crippen LogP contribution in [0.4, 0.5) is 0 Å². The van der Waals surface area contributed by atoms with Gasteiger partial charge in [0.1, 0.15) is 20.3 Å². The van der Waals surface area contributed by atoms with Crippen LogP contribution in [-0.2, 0) is 9.84 Å². The molecule has 156 valence electrons. The van der Waals surface area contributed by atoms with Gasteiger partial charge in [-0.25, -0.2) is 8.42 Å². The van der Waals surface area contributed by atoms with E-state index >= 15 is 0 Å². The number of fused-ring (bicyclic) bond motifs is 3. The Hall–Kier alpha value is -2.64. The third-order valence-electron chi connectivity index (χ3n) is 5.57. The van der Waals surface area contributed by atoms with E-state index in [2.05, 4.69) is 4.98 Å². The molecule has 5 nitrogen and oxygen atoms in total. The molecule has 0 bridgehead atoms. The van der Waals surface area contributed by atoms with Crippen LogP contribution in [0.1, 0.15) is 30.4 Å². The van der Waals surface area contributed by atoms with Crippen molar-refractivity contribution < 1.29 is 13.5 Å². The van der Waals surface area contributed by atoms with Gasteiger partial charge in [0.15, 0.2) is 0 Å². The molecule has 0 fully saturated rings. The molecule has 0 aliphatic rings. The minimum Gasteiger partial charge on any atom is -0.507 e. The molecule has 0 amide bonds. The van der Waals surface area contributed by atoms with E-state index in [1.165, 1.54) is 17.6 Å². The molecule has 1 atom stereocenters. The van der Waals surface area contributed by atoms with E-state index in [4.69, 9.17) is 0 Å². The van der Waals surface area contributed by atoms with Crippen molar-refractivity contribution in [3.05, 3.63) is 63.3 Å². The molecule has 0 unspecified atom stereocenters. The highest BCUT2D eigenvalue weighted by Gasteiger charge is 2.18. The zero-order chi connectivity index (χ0) is 21.6. The summed E-state index contributed by atoms with van der Waals surface area (Å²) in [4.78, 5) is 15.4. The molecule has 30 heavy (non-hydrogen) atoms. The first-order valence-corrected chi connectivity index (χ1v) is 12.6. The first kappa shape index (κ1) is 20.6. The molecule has 2 aromatic heterocycles. The number of nitrogens with one attached hydrogen (secondary N) is 1. The highest BCUT2D eigenvalue weighted by atomic mass is 32.2. The summed E-state index contributed by atoms with van der Waals surface area (Å²) in [5.41, 5.74) is 3.99. The molecule has 0 aliphatic heterocycles. The molecule has 0 spiro atoms. The second-order valence-electron chi connectivity index (χ2n) is 7.90. The zero-order valence-electron chi connectivity index (χ0n) is 17.0. The van der Waals surface area contributed by atoms with Crippen LogP contribution in [0.2, 0.25) is 0 Å². The lowest BCUT2D eigenvalue weighted by Gasteiger charge is -2.15. The van der Waals surface area contributed by atoms with Gasteiger partial charge in [0.2, 0.25) is 0 Å². The number of aromatic hydroxyl groups is 1. The lowest BCUT2D eigenvalue weighted by atomic mass is 9.92. The first-order chi connectivity index (χ1) is 14.2. The van der Waals surface area contributed by atoms with Crippen molar-refractivity contribution in [2.24, 2.45) is 0 Å². The van der Waals surface area contributed by atoms with Gasteiger partial charge in [0.25, 0.3) is 5.56 Å². The van der Waals surface area contributed by atoms with Crippen molar-refractivity contribution in [1.82, 2.24) is 4.98 Å².